The van der Waals surface area contributed by atoms with Crippen LogP contribution in [0.15, 0.2) is 42.6 Å². The highest BCUT2D eigenvalue weighted by molar-refractivity contribution is 5.93. The van der Waals surface area contributed by atoms with Crippen LogP contribution in [0.1, 0.15) is 18.1 Å². The number of pyridine rings is 1. The van der Waals surface area contributed by atoms with Crippen molar-refractivity contribution in [2.45, 2.75) is 26.6 Å². The topological polar surface area (TPSA) is 60.5 Å². The zero-order chi connectivity index (χ0) is 15.9. The number of amides is 1. The highest BCUT2D eigenvalue weighted by atomic mass is 16.5. The molecule has 0 spiro atoms. The average Bonchev–Trinajstić information content (AvgIpc) is 2.54. The Morgan fingerprint density at radius 3 is 2.86 bits per heavy atom. The third kappa shape index (κ3) is 4.30. The molecule has 1 unspecified atom stereocenters. The molecule has 1 atom stereocenters. The molecule has 1 aromatic carbocycles. The molecule has 0 aliphatic heterocycles. The lowest BCUT2D eigenvalue weighted by atomic mass is 10.2. The first kappa shape index (κ1) is 16.0. The van der Waals surface area contributed by atoms with Gasteiger partial charge in [-0.2, -0.15) is 0 Å². The summed E-state index contributed by atoms with van der Waals surface area (Å²) in [6, 6.07) is 11.3. The molecular weight excluding hydrogens is 280 g/mol. The van der Waals surface area contributed by atoms with Crippen LogP contribution >= 0.6 is 0 Å². The Labute approximate surface area is 130 Å². The lowest BCUT2D eigenvalue weighted by Crippen LogP contribution is -2.28. The van der Waals surface area contributed by atoms with Gasteiger partial charge in [0.1, 0.15) is 17.7 Å². The number of nitrogens with zero attached hydrogens (tertiary/aromatic N) is 1. The van der Waals surface area contributed by atoms with Gasteiger partial charge >= 0.3 is 0 Å². The maximum Gasteiger partial charge on any atom is 0.254 e. The number of carbonyl (C=O) groups excluding carboxylic acids is 1. The zero-order valence-electron chi connectivity index (χ0n) is 13.0. The molecule has 0 saturated carbocycles. The normalized spacial score (nSPS) is 11.8. The Balaban J connectivity index is 1.90. The minimum absolute atomic E-state index is 0.218. The van der Waals surface area contributed by atoms with Crippen LogP contribution in [0.5, 0.6) is 5.75 Å². The smallest absolute Gasteiger partial charge is 0.254 e. The average molecular weight is 300 g/mol. The number of aromatic nitrogens is 1. The second kappa shape index (κ2) is 7.56. The van der Waals surface area contributed by atoms with E-state index in [0.717, 1.165) is 16.9 Å². The monoisotopic (exact) mass is 300 g/mol. The molecule has 0 aliphatic rings. The number of aryl methyl sites for hydroxylation is 1. The van der Waals surface area contributed by atoms with Crippen LogP contribution in [0.2, 0.25) is 0 Å². The highest BCUT2D eigenvalue weighted by Crippen LogP contribution is 2.14. The SMILES string of the molecule is COc1cccc(COC(C)C(=O)Nc2ncccc2C)c1. The van der Waals surface area contributed by atoms with Crippen LogP contribution in [0, 0.1) is 6.92 Å². The lowest BCUT2D eigenvalue weighted by molar-refractivity contribution is -0.127. The predicted octanol–water partition coefficient (Wildman–Crippen LogP) is 2.94. The van der Waals surface area contributed by atoms with E-state index in [4.69, 9.17) is 9.47 Å². The molecular formula is C17H20N2O3. The number of hydrogen-bond acceptors (Lipinski definition) is 4. The predicted molar refractivity (Wildman–Crippen MR) is 84.8 cm³/mol. The van der Waals surface area contributed by atoms with Crippen LogP contribution in [-0.2, 0) is 16.1 Å². The molecule has 5 heteroatoms. The molecule has 116 valence electrons. The van der Waals surface area contributed by atoms with E-state index in [2.05, 4.69) is 10.3 Å². The van der Waals surface area contributed by atoms with Gasteiger partial charge in [-0.1, -0.05) is 18.2 Å². The Bertz CT molecular complexity index is 643. The molecule has 2 aromatic rings. The Hall–Kier alpha value is -2.40. The summed E-state index contributed by atoms with van der Waals surface area (Å²) in [5, 5.41) is 2.77. The van der Waals surface area contributed by atoms with Crippen molar-refractivity contribution in [3.8, 4) is 5.75 Å². The van der Waals surface area contributed by atoms with Gasteiger partial charge in [-0.25, -0.2) is 4.98 Å². The fraction of sp³-hybridized carbons (Fsp3) is 0.294. The van der Waals surface area contributed by atoms with Crippen molar-refractivity contribution in [2.75, 3.05) is 12.4 Å². The fourth-order valence-electron chi connectivity index (χ4n) is 1.89. The maximum absolute atomic E-state index is 12.1. The van der Waals surface area contributed by atoms with E-state index in [-0.39, 0.29) is 5.91 Å². The molecule has 0 fully saturated rings. The van der Waals surface area contributed by atoms with Gasteiger partial charge in [-0.15, -0.1) is 0 Å². The molecule has 22 heavy (non-hydrogen) atoms. The minimum atomic E-state index is -0.576. The zero-order valence-corrected chi connectivity index (χ0v) is 13.0. The van der Waals surface area contributed by atoms with Crippen LogP contribution in [0.4, 0.5) is 5.82 Å². The van der Waals surface area contributed by atoms with E-state index >= 15 is 0 Å². The Kier molecular flexibility index (Phi) is 5.49. The van der Waals surface area contributed by atoms with Crippen LogP contribution in [-0.4, -0.2) is 24.1 Å². The van der Waals surface area contributed by atoms with E-state index in [9.17, 15) is 4.79 Å². The number of anilines is 1. The number of nitrogens with one attached hydrogen (secondary N) is 1. The van der Waals surface area contributed by atoms with Gasteiger partial charge < -0.3 is 14.8 Å². The molecule has 0 aliphatic carbocycles. The molecule has 0 radical (unpaired) electrons. The molecule has 2 rings (SSSR count). The van der Waals surface area contributed by atoms with Crippen molar-refractivity contribution >= 4 is 11.7 Å². The summed E-state index contributed by atoms with van der Waals surface area (Å²) in [6.07, 6.45) is 1.07. The first-order valence-corrected chi connectivity index (χ1v) is 7.07. The van der Waals surface area contributed by atoms with Crippen molar-refractivity contribution in [1.29, 1.82) is 0 Å². The first-order valence-electron chi connectivity index (χ1n) is 7.07. The third-order valence-electron chi connectivity index (χ3n) is 3.25. The summed E-state index contributed by atoms with van der Waals surface area (Å²) < 4.78 is 10.8. The van der Waals surface area contributed by atoms with Crippen molar-refractivity contribution in [2.24, 2.45) is 0 Å². The number of hydrogen-bond donors (Lipinski definition) is 1. The maximum atomic E-state index is 12.1. The van der Waals surface area contributed by atoms with Gasteiger partial charge in [0.15, 0.2) is 0 Å². The van der Waals surface area contributed by atoms with Crippen molar-refractivity contribution in [3.63, 3.8) is 0 Å². The standard InChI is InChI=1S/C17H20N2O3/c1-12-6-5-9-18-16(12)19-17(20)13(2)22-11-14-7-4-8-15(10-14)21-3/h4-10,13H,11H2,1-3H3,(H,18,19,20). The second-order valence-electron chi connectivity index (χ2n) is 4.96. The summed E-state index contributed by atoms with van der Waals surface area (Å²) >= 11 is 0. The number of ether oxygens (including phenoxy) is 2. The number of rotatable bonds is 6. The summed E-state index contributed by atoms with van der Waals surface area (Å²) in [5.74, 6) is 1.11. The fourth-order valence-corrected chi connectivity index (χ4v) is 1.89. The van der Waals surface area contributed by atoms with E-state index in [1.165, 1.54) is 0 Å². The van der Waals surface area contributed by atoms with Crippen molar-refractivity contribution in [1.82, 2.24) is 4.98 Å². The molecule has 0 bridgehead atoms. The van der Waals surface area contributed by atoms with Crippen LogP contribution in [0.25, 0.3) is 0 Å². The number of carbonyl (C=O) groups is 1. The van der Waals surface area contributed by atoms with Crippen molar-refractivity contribution < 1.29 is 14.3 Å². The largest absolute Gasteiger partial charge is 0.497 e. The lowest BCUT2D eigenvalue weighted by Gasteiger charge is -2.14. The van der Waals surface area contributed by atoms with Gasteiger partial charge in [0, 0.05) is 6.20 Å². The molecule has 5 nitrogen and oxygen atoms in total. The molecule has 1 heterocycles. The summed E-state index contributed by atoms with van der Waals surface area (Å²) in [4.78, 5) is 16.2. The van der Waals surface area contributed by atoms with Crippen LogP contribution in [0.3, 0.4) is 0 Å². The molecule has 1 amide bonds. The molecule has 1 aromatic heterocycles. The summed E-state index contributed by atoms with van der Waals surface area (Å²) in [5.41, 5.74) is 1.86. The number of benzene rings is 1. The van der Waals surface area contributed by atoms with Gasteiger partial charge in [-0.05, 0) is 43.2 Å². The third-order valence-corrected chi connectivity index (χ3v) is 3.25. The number of methoxy groups -OCH3 is 1. The van der Waals surface area contributed by atoms with E-state index < -0.39 is 6.10 Å². The van der Waals surface area contributed by atoms with Gasteiger partial charge in [0.25, 0.3) is 5.91 Å². The van der Waals surface area contributed by atoms with E-state index in [1.807, 2.05) is 43.3 Å². The Morgan fingerprint density at radius 1 is 1.32 bits per heavy atom. The van der Waals surface area contributed by atoms with Crippen molar-refractivity contribution in [3.05, 3.63) is 53.7 Å². The summed E-state index contributed by atoms with van der Waals surface area (Å²) in [7, 11) is 1.62. The van der Waals surface area contributed by atoms with Gasteiger partial charge in [0.2, 0.25) is 0 Å². The van der Waals surface area contributed by atoms with Gasteiger partial charge in [-0.3, -0.25) is 4.79 Å². The highest BCUT2D eigenvalue weighted by Gasteiger charge is 2.15. The molecule has 1 N–H and O–H groups in total. The summed E-state index contributed by atoms with van der Waals surface area (Å²) in [6.45, 7) is 3.95. The van der Waals surface area contributed by atoms with Gasteiger partial charge in [0.05, 0.1) is 13.7 Å². The quantitative estimate of drug-likeness (QED) is 0.891. The van der Waals surface area contributed by atoms with E-state index in [0.29, 0.717) is 12.4 Å². The van der Waals surface area contributed by atoms with Crippen LogP contribution < -0.4 is 10.1 Å². The Morgan fingerprint density at radius 2 is 2.14 bits per heavy atom. The first-order chi connectivity index (χ1) is 10.6. The second-order valence-corrected chi connectivity index (χ2v) is 4.96. The minimum Gasteiger partial charge on any atom is -0.497 e. The van der Waals surface area contributed by atoms with E-state index in [1.54, 1.807) is 20.2 Å². The molecule has 0 saturated heterocycles.